The zero-order valence-electron chi connectivity index (χ0n) is 15.7. The molecule has 29 heavy (non-hydrogen) atoms. The van der Waals surface area contributed by atoms with Gasteiger partial charge in [0.15, 0.2) is 5.17 Å². The first kappa shape index (κ1) is 20.9. The van der Waals surface area contributed by atoms with Crippen LogP contribution in [0.4, 0.5) is 13.2 Å². The number of amidine groups is 1. The van der Waals surface area contributed by atoms with Crippen molar-refractivity contribution in [2.75, 3.05) is 7.11 Å². The molecule has 2 aromatic carbocycles. The Morgan fingerprint density at radius 2 is 1.93 bits per heavy atom. The Labute approximate surface area is 170 Å². The van der Waals surface area contributed by atoms with Gasteiger partial charge in [0.05, 0.1) is 23.6 Å². The van der Waals surface area contributed by atoms with Gasteiger partial charge in [-0.25, -0.2) is 0 Å². The molecular formula is C20H18F3N3O2S. The van der Waals surface area contributed by atoms with Gasteiger partial charge in [-0.15, -0.1) is 5.10 Å². The predicted molar refractivity (Wildman–Crippen MR) is 107 cm³/mol. The zero-order valence-corrected chi connectivity index (χ0v) is 16.5. The highest BCUT2D eigenvalue weighted by Gasteiger charge is 2.33. The first-order valence-corrected chi connectivity index (χ1v) is 9.54. The summed E-state index contributed by atoms with van der Waals surface area (Å²) in [7, 11) is 1.58. The molecule has 152 valence electrons. The topological polar surface area (TPSA) is 63.1 Å². The standard InChI is InChI=1S/C20H18F3N3O2S/c1-12(14-6-8-16(28-2)9-7-14)25-26-19-24-18(27)17(29-19)11-13-4-3-5-15(10-13)20(21,22)23/h3-10,17H,11H2,1-2H3,(H,24,26,27)/b25-12+. The number of ether oxygens (including phenoxy) is 1. The maximum Gasteiger partial charge on any atom is 0.416 e. The number of nitrogens with zero attached hydrogens (tertiary/aromatic N) is 2. The summed E-state index contributed by atoms with van der Waals surface area (Å²) in [6, 6.07) is 12.3. The molecule has 0 saturated carbocycles. The van der Waals surface area contributed by atoms with Crippen LogP contribution in [0.1, 0.15) is 23.6 Å². The van der Waals surface area contributed by atoms with Gasteiger partial charge in [0.25, 0.3) is 0 Å². The average molecular weight is 421 g/mol. The van der Waals surface area contributed by atoms with Gasteiger partial charge in [-0.2, -0.15) is 18.3 Å². The largest absolute Gasteiger partial charge is 0.497 e. The molecule has 1 aliphatic heterocycles. The number of carbonyl (C=O) groups is 1. The number of carbonyl (C=O) groups excluding carboxylic acids is 1. The second kappa shape index (κ2) is 8.69. The Kier molecular flexibility index (Phi) is 6.26. The minimum Gasteiger partial charge on any atom is -0.497 e. The second-order valence-electron chi connectivity index (χ2n) is 6.32. The SMILES string of the molecule is COc1ccc(/C(C)=N/N=C2NC(=O)C(Cc3cccc(C(F)(F)F)c3)S2)cc1. The number of hydrogen-bond acceptors (Lipinski definition) is 5. The van der Waals surface area contributed by atoms with Crippen LogP contribution in [-0.4, -0.2) is 29.1 Å². The lowest BCUT2D eigenvalue weighted by molar-refractivity contribution is -0.137. The Hall–Kier alpha value is -2.81. The summed E-state index contributed by atoms with van der Waals surface area (Å²) in [4.78, 5) is 12.2. The molecule has 0 spiro atoms. The van der Waals surface area contributed by atoms with Gasteiger partial charge < -0.3 is 10.1 Å². The summed E-state index contributed by atoms with van der Waals surface area (Å²) in [5.74, 6) is 0.423. The van der Waals surface area contributed by atoms with E-state index in [1.54, 1.807) is 32.2 Å². The third-order valence-corrected chi connectivity index (χ3v) is 5.32. The van der Waals surface area contributed by atoms with Crippen LogP contribution in [0.25, 0.3) is 0 Å². The van der Waals surface area contributed by atoms with Crippen LogP contribution in [0, 0.1) is 0 Å². The molecule has 3 rings (SSSR count). The molecular weight excluding hydrogens is 403 g/mol. The normalized spacial score (nSPS) is 18.8. The number of methoxy groups -OCH3 is 1. The van der Waals surface area contributed by atoms with Gasteiger partial charge >= 0.3 is 6.18 Å². The Morgan fingerprint density at radius 1 is 1.21 bits per heavy atom. The number of rotatable bonds is 5. The maximum atomic E-state index is 12.9. The van der Waals surface area contributed by atoms with Crippen LogP contribution in [-0.2, 0) is 17.4 Å². The maximum absolute atomic E-state index is 12.9. The van der Waals surface area contributed by atoms with E-state index in [4.69, 9.17) is 4.74 Å². The average Bonchev–Trinajstić information content (AvgIpc) is 3.05. The fourth-order valence-electron chi connectivity index (χ4n) is 2.69. The van der Waals surface area contributed by atoms with E-state index < -0.39 is 17.0 Å². The zero-order chi connectivity index (χ0) is 21.0. The highest BCUT2D eigenvalue weighted by atomic mass is 32.2. The third kappa shape index (κ3) is 5.38. The Balaban J connectivity index is 1.68. The molecule has 1 amide bonds. The number of amides is 1. The van der Waals surface area contributed by atoms with E-state index in [1.165, 1.54) is 6.07 Å². The van der Waals surface area contributed by atoms with Crippen LogP contribution in [0.15, 0.2) is 58.7 Å². The summed E-state index contributed by atoms with van der Waals surface area (Å²) in [6.07, 6.45) is -4.25. The van der Waals surface area contributed by atoms with Gasteiger partial charge in [-0.05, 0) is 54.8 Å². The molecule has 2 aromatic rings. The van der Waals surface area contributed by atoms with E-state index >= 15 is 0 Å². The van der Waals surface area contributed by atoms with E-state index in [0.717, 1.165) is 35.2 Å². The summed E-state index contributed by atoms with van der Waals surface area (Å²) >= 11 is 1.15. The molecule has 1 aliphatic rings. The van der Waals surface area contributed by atoms with Crippen molar-refractivity contribution >= 4 is 28.5 Å². The molecule has 0 aromatic heterocycles. The molecule has 0 radical (unpaired) electrons. The molecule has 1 atom stereocenters. The van der Waals surface area contributed by atoms with Gasteiger partial charge in [0.2, 0.25) is 5.91 Å². The smallest absolute Gasteiger partial charge is 0.416 e. The molecule has 1 fully saturated rings. The number of thioether (sulfide) groups is 1. The first-order valence-electron chi connectivity index (χ1n) is 8.66. The van der Waals surface area contributed by atoms with E-state index in [1.807, 2.05) is 12.1 Å². The van der Waals surface area contributed by atoms with E-state index in [-0.39, 0.29) is 12.3 Å². The van der Waals surface area contributed by atoms with Crippen molar-refractivity contribution in [1.82, 2.24) is 5.32 Å². The fraction of sp³-hybridized carbons (Fsp3) is 0.250. The minimum atomic E-state index is -4.42. The van der Waals surface area contributed by atoms with Crippen LogP contribution in [0.3, 0.4) is 0 Å². The van der Waals surface area contributed by atoms with Crippen molar-refractivity contribution in [1.29, 1.82) is 0 Å². The lowest BCUT2D eigenvalue weighted by atomic mass is 10.1. The molecule has 5 nitrogen and oxygen atoms in total. The van der Waals surface area contributed by atoms with Crippen molar-refractivity contribution in [3.8, 4) is 5.75 Å². The lowest BCUT2D eigenvalue weighted by Gasteiger charge is -2.10. The van der Waals surface area contributed by atoms with Crippen molar-refractivity contribution in [2.45, 2.75) is 24.8 Å². The summed E-state index contributed by atoms with van der Waals surface area (Å²) in [6.45, 7) is 1.79. The highest BCUT2D eigenvalue weighted by molar-refractivity contribution is 8.15. The summed E-state index contributed by atoms with van der Waals surface area (Å²) in [5.41, 5.74) is 1.21. The van der Waals surface area contributed by atoms with Crippen molar-refractivity contribution in [2.24, 2.45) is 10.2 Å². The molecule has 1 unspecified atom stereocenters. The second-order valence-corrected chi connectivity index (χ2v) is 7.51. The predicted octanol–water partition coefficient (Wildman–Crippen LogP) is 4.27. The Morgan fingerprint density at radius 3 is 2.59 bits per heavy atom. The van der Waals surface area contributed by atoms with Crippen LogP contribution < -0.4 is 10.1 Å². The molecule has 0 aliphatic carbocycles. The number of alkyl halides is 3. The van der Waals surface area contributed by atoms with Crippen LogP contribution in [0.5, 0.6) is 5.75 Å². The molecule has 1 heterocycles. The molecule has 9 heteroatoms. The van der Waals surface area contributed by atoms with Crippen molar-refractivity contribution in [3.63, 3.8) is 0 Å². The third-order valence-electron chi connectivity index (χ3n) is 4.25. The number of nitrogens with one attached hydrogen (secondary N) is 1. The number of halogens is 3. The van der Waals surface area contributed by atoms with Crippen molar-refractivity contribution < 1.29 is 22.7 Å². The van der Waals surface area contributed by atoms with E-state index in [0.29, 0.717) is 16.4 Å². The van der Waals surface area contributed by atoms with Gasteiger partial charge in [-0.1, -0.05) is 30.0 Å². The van der Waals surface area contributed by atoms with Gasteiger partial charge in [-0.3, -0.25) is 4.79 Å². The van der Waals surface area contributed by atoms with Crippen LogP contribution in [0.2, 0.25) is 0 Å². The monoisotopic (exact) mass is 421 g/mol. The van der Waals surface area contributed by atoms with E-state index in [9.17, 15) is 18.0 Å². The van der Waals surface area contributed by atoms with Crippen LogP contribution >= 0.6 is 11.8 Å². The lowest BCUT2D eigenvalue weighted by Crippen LogP contribution is -2.26. The van der Waals surface area contributed by atoms with Crippen molar-refractivity contribution in [3.05, 3.63) is 65.2 Å². The molecule has 1 saturated heterocycles. The van der Waals surface area contributed by atoms with E-state index in [2.05, 4.69) is 15.5 Å². The van der Waals surface area contributed by atoms with Gasteiger partial charge in [0.1, 0.15) is 5.75 Å². The highest BCUT2D eigenvalue weighted by Crippen LogP contribution is 2.31. The number of hydrogen-bond donors (Lipinski definition) is 1. The number of benzene rings is 2. The first-order chi connectivity index (χ1) is 13.8. The van der Waals surface area contributed by atoms with Gasteiger partial charge in [0, 0.05) is 0 Å². The Bertz CT molecular complexity index is 956. The molecule has 0 bridgehead atoms. The quantitative estimate of drug-likeness (QED) is 0.579. The molecule has 1 N–H and O–H groups in total. The fourth-order valence-corrected chi connectivity index (χ4v) is 3.64. The summed E-state index contributed by atoms with van der Waals surface area (Å²) in [5, 5.41) is 10.6. The summed E-state index contributed by atoms with van der Waals surface area (Å²) < 4.78 is 43.7. The minimum absolute atomic E-state index is 0.167.